The van der Waals surface area contributed by atoms with E-state index in [4.69, 9.17) is 21.3 Å². The van der Waals surface area contributed by atoms with Crippen LogP contribution in [-0.2, 0) is 21.4 Å². The van der Waals surface area contributed by atoms with Crippen molar-refractivity contribution in [2.24, 2.45) is 5.92 Å². The van der Waals surface area contributed by atoms with Gasteiger partial charge < -0.3 is 4.74 Å². The Labute approximate surface area is 230 Å². The predicted molar refractivity (Wildman–Crippen MR) is 149 cm³/mol. The van der Waals surface area contributed by atoms with Crippen molar-refractivity contribution in [2.75, 3.05) is 24.6 Å². The summed E-state index contributed by atoms with van der Waals surface area (Å²) >= 11 is 7.35. The van der Waals surface area contributed by atoms with Crippen LogP contribution in [0.5, 0.6) is 5.75 Å². The van der Waals surface area contributed by atoms with Crippen LogP contribution in [0.25, 0.3) is 10.2 Å². The highest BCUT2D eigenvalue weighted by atomic mass is 35.5. The number of pyridine rings is 1. The van der Waals surface area contributed by atoms with Crippen molar-refractivity contribution in [1.29, 1.82) is 0 Å². The van der Waals surface area contributed by atoms with Crippen LogP contribution in [0.2, 0.25) is 5.02 Å². The first kappa shape index (κ1) is 26.6. The number of ether oxygens (including phenoxy) is 1. The maximum absolute atomic E-state index is 13.9. The summed E-state index contributed by atoms with van der Waals surface area (Å²) in [5.41, 5.74) is 1.46. The lowest BCUT2D eigenvalue weighted by Crippen LogP contribution is -2.44. The maximum Gasteiger partial charge on any atom is 0.243 e. The summed E-state index contributed by atoms with van der Waals surface area (Å²) in [5.74, 6) is 0.253. The molecule has 11 heteroatoms. The topological polar surface area (TPSA) is 92.7 Å². The van der Waals surface area contributed by atoms with E-state index in [1.807, 2.05) is 43.3 Å². The lowest BCUT2D eigenvalue weighted by atomic mass is 9.96. The average molecular weight is 571 g/mol. The number of rotatable bonds is 8. The van der Waals surface area contributed by atoms with E-state index in [0.29, 0.717) is 35.4 Å². The average Bonchev–Trinajstić information content (AvgIpc) is 3.37. The summed E-state index contributed by atoms with van der Waals surface area (Å²) in [6.07, 6.45) is 2.53. The van der Waals surface area contributed by atoms with E-state index in [2.05, 4.69) is 4.98 Å². The van der Waals surface area contributed by atoms with Crippen LogP contribution in [-0.4, -0.2) is 48.3 Å². The molecule has 0 atom stereocenters. The van der Waals surface area contributed by atoms with Gasteiger partial charge >= 0.3 is 0 Å². The zero-order valence-corrected chi connectivity index (χ0v) is 23.2. The number of para-hydroxylation sites is 1. The Balaban J connectivity index is 1.38. The van der Waals surface area contributed by atoms with Crippen molar-refractivity contribution in [3.63, 3.8) is 0 Å². The van der Waals surface area contributed by atoms with Gasteiger partial charge in [0, 0.05) is 30.2 Å². The Hall–Kier alpha value is -3.05. The number of halogens is 1. The number of sulfonamides is 1. The minimum absolute atomic E-state index is 0.0868. The molecule has 38 heavy (non-hydrogen) atoms. The second kappa shape index (κ2) is 11.4. The van der Waals surface area contributed by atoms with Crippen LogP contribution in [0.15, 0.2) is 71.8 Å². The third kappa shape index (κ3) is 5.54. The second-order valence-electron chi connectivity index (χ2n) is 8.91. The molecule has 0 N–H and O–H groups in total. The van der Waals surface area contributed by atoms with Crippen LogP contribution in [0.4, 0.5) is 5.13 Å². The molecule has 1 aliphatic heterocycles. The van der Waals surface area contributed by atoms with Gasteiger partial charge in [-0.05, 0) is 68.3 Å². The van der Waals surface area contributed by atoms with Crippen molar-refractivity contribution >= 4 is 54.2 Å². The van der Waals surface area contributed by atoms with E-state index >= 15 is 0 Å². The second-order valence-corrected chi connectivity index (χ2v) is 12.3. The molecule has 2 aromatic heterocycles. The van der Waals surface area contributed by atoms with Gasteiger partial charge in [-0.1, -0.05) is 35.1 Å². The number of carbonyl (C=O) groups excluding carboxylic acids is 1. The molecule has 1 saturated heterocycles. The van der Waals surface area contributed by atoms with Crippen LogP contribution in [0.3, 0.4) is 0 Å². The molecule has 4 aromatic rings. The number of amides is 1. The number of thiazole rings is 1. The molecule has 0 aliphatic carbocycles. The van der Waals surface area contributed by atoms with E-state index in [0.717, 1.165) is 15.9 Å². The standard InChI is InChI=1S/C27H27ClN4O4S2/c1-2-36-23-7-5-8-24-25(23)30-27(37-24)32(18-21-6-3-4-15-29-21)26(33)19-13-16-31(17-14-19)38(34,35)22-11-9-20(28)10-12-22/h3-12,15,19H,2,13-14,16-18H2,1H3. The molecule has 1 amide bonds. The van der Waals surface area contributed by atoms with Gasteiger partial charge in [0.25, 0.3) is 0 Å². The normalized spacial score (nSPS) is 15.0. The van der Waals surface area contributed by atoms with Crippen LogP contribution in [0, 0.1) is 5.92 Å². The molecule has 2 aromatic carbocycles. The first-order valence-corrected chi connectivity index (χ1v) is 15.0. The summed E-state index contributed by atoms with van der Waals surface area (Å²) in [5, 5.41) is 1.04. The monoisotopic (exact) mass is 570 g/mol. The van der Waals surface area contributed by atoms with Gasteiger partial charge in [0.1, 0.15) is 11.3 Å². The molecule has 1 fully saturated rings. The molecule has 0 unspecified atom stereocenters. The quantitative estimate of drug-likeness (QED) is 0.282. The number of carbonyl (C=O) groups is 1. The van der Waals surface area contributed by atoms with Crippen LogP contribution >= 0.6 is 22.9 Å². The molecular formula is C27H27ClN4O4S2. The summed E-state index contributed by atoms with van der Waals surface area (Å²) in [6, 6.07) is 17.5. The third-order valence-corrected chi connectivity index (χ3v) is 9.68. The Morgan fingerprint density at radius 2 is 1.87 bits per heavy atom. The zero-order chi connectivity index (χ0) is 26.7. The van der Waals surface area contributed by atoms with Gasteiger partial charge in [-0.25, -0.2) is 13.4 Å². The third-order valence-electron chi connectivity index (χ3n) is 6.47. The highest BCUT2D eigenvalue weighted by molar-refractivity contribution is 7.89. The van der Waals surface area contributed by atoms with Crippen molar-refractivity contribution < 1.29 is 17.9 Å². The van der Waals surface area contributed by atoms with Crippen molar-refractivity contribution in [2.45, 2.75) is 31.2 Å². The van der Waals surface area contributed by atoms with Gasteiger partial charge in [0.05, 0.1) is 28.4 Å². The smallest absolute Gasteiger partial charge is 0.243 e. The Morgan fingerprint density at radius 3 is 2.55 bits per heavy atom. The molecule has 198 valence electrons. The highest BCUT2D eigenvalue weighted by Gasteiger charge is 2.35. The van der Waals surface area contributed by atoms with Crippen molar-refractivity contribution in [3.8, 4) is 5.75 Å². The van der Waals surface area contributed by atoms with E-state index in [-0.39, 0.29) is 36.4 Å². The molecular weight excluding hydrogens is 544 g/mol. The highest BCUT2D eigenvalue weighted by Crippen LogP contribution is 2.36. The number of anilines is 1. The maximum atomic E-state index is 13.9. The first-order chi connectivity index (χ1) is 18.4. The number of piperidine rings is 1. The summed E-state index contributed by atoms with van der Waals surface area (Å²) in [7, 11) is -3.66. The molecule has 1 aliphatic rings. The number of aromatic nitrogens is 2. The number of hydrogen-bond donors (Lipinski definition) is 0. The number of nitrogens with zero attached hydrogens (tertiary/aromatic N) is 4. The Bertz CT molecular complexity index is 1520. The van der Waals surface area contributed by atoms with Gasteiger partial charge in [0.2, 0.25) is 15.9 Å². The van der Waals surface area contributed by atoms with Gasteiger partial charge in [-0.3, -0.25) is 14.7 Å². The molecule has 5 rings (SSSR count). The minimum atomic E-state index is -3.66. The summed E-state index contributed by atoms with van der Waals surface area (Å²) in [4.78, 5) is 25.0. The first-order valence-electron chi connectivity index (χ1n) is 12.4. The SMILES string of the molecule is CCOc1cccc2sc(N(Cc3ccccn3)C(=O)C3CCN(S(=O)(=O)c4ccc(Cl)cc4)CC3)nc12. The number of fused-ring (bicyclic) bond motifs is 1. The summed E-state index contributed by atoms with van der Waals surface area (Å²) < 4.78 is 34.3. The van der Waals surface area contributed by atoms with Gasteiger partial charge in [0.15, 0.2) is 5.13 Å². The largest absolute Gasteiger partial charge is 0.492 e. The molecule has 0 radical (unpaired) electrons. The zero-order valence-electron chi connectivity index (χ0n) is 20.8. The fraction of sp³-hybridized carbons (Fsp3) is 0.296. The van der Waals surface area contributed by atoms with E-state index in [1.54, 1.807) is 23.2 Å². The molecule has 8 nitrogen and oxygen atoms in total. The van der Waals surface area contributed by atoms with Gasteiger partial charge in [-0.2, -0.15) is 4.31 Å². The van der Waals surface area contributed by atoms with Crippen LogP contribution < -0.4 is 9.64 Å². The number of benzene rings is 2. The Morgan fingerprint density at radius 1 is 1.11 bits per heavy atom. The Kier molecular flexibility index (Phi) is 7.94. The van der Waals surface area contributed by atoms with Crippen molar-refractivity contribution in [3.05, 3.63) is 77.6 Å². The number of hydrogen-bond acceptors (Lipinski definition) is 7. The van der Waals surface area contributed by atoms with E-state index in [1.165, 1.54) is 27.8 Å². The lowest BCUT2D eigenvalue weighted by Gasteiger charge is -2.33. The van der Waals surface area contributed by atoms with Gasteiger partial charge in [-0.15, -0.1) is 0 Å². The molecule has 3 heterocycles. The molecule has 0 bridgehead atoms. The van der Waals surface area contributed by atoms with E-state index < -0.39 is 10.0 Å². The van der Waals surface area contributed by atoms with E-state index in [9.17, 15) is 13.2 Å². The predicted octanol–water partition coefficient (Wildman–Crippen LogP) is 5.38. The minimum Gasteiger partial charge on any atom is -0.492 e. The van der Waals surface area contributed by atoms with Crippen molar-refractivity contribution in [1.82, 2.24) is 14.3 Å². The van der Waals surface area contributed by atoms with Crippen LogP contribution in [0.1, 0.15) is 25.5 Å². The molecule has 0 spiro atoms. The fourth-order valence-electron chi connectivity index (χ4n) is 4.51. The molecule has 0 saturated carbocycles. The fourth-order valence-corrected chi connectivity index (χ4v) is 7.10. The lowest BCUT2D eigenvalue weighted by molar-refractivity contribution is -0.123. The summed E-state index contributed by atoms with van der Waals surface area (Å²) in [6.45, 7) is 3.22.